The first-order chi connectivity index (χ1) is 14.1. The molecule has 0 aliphatic carbocycles. The van der Waals surface area contributed by atoms with Crippen LogP contribution in [0, 0.1) is 0 Å². The van der Waals surface area contributed by atoms with Crippen molar-refractivity contribution >= 4 is 23.1 Å². The van der Waals surface area contributed by atoms with Crippen LogP contribution in [-0.2, 0) is 17.8 Å². The first-order valence-electron chi connectivity index (χ1n) is 9.71. The van der Waals surface area contributed by atoms with Crippen LogP contribution in [0.2, 0.25) is 5.02 Å². The number of rotatable bonds is 5. The molecule has 0 aromatic heterocycles. The van der Waals surface area contributed by atoms with Crippen LogP contribution in [0.1, 0.15) is 35.2 Å². The second kappa shape index (κ2) is 8.14. The van der Waals surface area contributed by atoms with Crippen molar-refractivity contribution in [3.05, 3.63) is 112 Å². The van der Waals surface area contributed by atoms with E-state index in [1.165, 1.54) is 5.56 Å². The van der Waals surface area contributed by atoms with E-state index in [1.807, 2.05) is 66.7 Å². The van der Waals surface area contributed by atoms with Crippen molar-refractivity contribution in [1.29, 1.82) is 0 Å². The molecule has 0 radical (unpaired) electrons. The Morgan fingerprint density at radius 2 is 1.52 bits per heavy atom. The van der Waals surface area contributed by atoms with Gasteiger partial charge in [0.25, 0.3) is 5.91 Å². The van der Waals surface area contributed by atoms with Gasteiger partial charge in [-0.3, -0.25) is 4.79 Å². The average Bonchev–Trinajstić information content (AvgIpc) is 3.01. The number of aliphatic hydroxyl groups excluding tert-OH is 1. The molecule has 0 fully saturated rings. The second-order valence-corrected chi connectivity index (χ2v) is 7.62. The summed E-state index contributed by atoms with van der Waals surface area (Å²) < 4.78 is 0. The molecule has 0 spiro atoms. The molecule has 4 rings (SSSR count). The molecule has 0 bridgehead atoms. The molecule has 0 saturated carbocycles. The number of carbonyl (C=O) groups excluding carboxylic acids is 1. The van der Waals surface area contributed by atoms with E-state index in [9.17, 15) is 9.90 Å². The summed E-state index contributed by atoms with van der Waals surface area (Å²) in [7, 11) is 0. The summed E-state index contributed by atoms with van der Waals surface area (Å²) in [6.07, 6.45) is 0.949. The molecule has 0 saturated heterocycles. The van der Waals surface area contributed by atoms with E-state index >= 15 is 0 Å². The summed E-state index contributed by atoms with van der Waals surface area (Å²) in [5, 5.41) is 11.5. The average molecular weight is 404 g/mol. The van der Waals surface area contributed by atoms with Gasteiger partial charge in [-0.15, -0.1) is 0 Å². The Balaban J connectivity index is 1.79. The highest BCUT2D eigenvalue weighted by Crippen LogP contribution is 2.43. The maximum Gasteiger partial charge on any atom is 0.290 e. The molecule has 1 unspecified atom stereocenters. The van der Waals surface area contributed by atoms with Gasteiger partial charge in [0.15, 0.2) is 5.76 Å². The standard InChI is InChI=1S/C25H22ClNO2/c1-2-17-8-12-20(13-9-17)23-22(19-6-4-3-5-7-19)24(28)25(29)27(23)16-18-10-14-21(26)15-11-18/h3-15,23,28H,2,16H2,1H3. The predicted molar refractivity (Wildman–Crippen MR) is 117 cm³/mol. The van der Waals surface area contributed by atoms with Gasteiger partial charge in [0.05, 0.1) is 6.04 Å². The summed E-state index contributed by atoms with van der Waals surface area (Å²) in [5.41, 5.74) is 4.67. The molecule has 1 aliphatic rings. The molecular weight excluding hydrogens is 382 g/mol. The molecule has 4 heteroatoms. The molecule has 1 aliphatic heterocycles. The van der Waals surface area contributed by atoms with Crippen molar-refractivity contribution in [2.45, 2.75) is 25.9 Å². The van der Waals surface area contributed by atoms with Crippen molar-refractivity contribution in [2.75, 3.05) is 0 Å². The number of aliphatic hydroxyl groups is 1. The Kier molecular flexibility index (Phi) is 5.41. The minimum atomic E-state index is -0.358. The predicted octanol–water partition coefficient (Wildman–Crippen LogP) is 5.96. The fourth-order valence-electron chi connectivity index (χ4n) is 3.80. The molecule has 1 heterocycles. The Hall–Kier alpha value is -3.04. The highest BCUT2D eigenvalue weighted by molar-refractivity contribution is 6.30. The summed E-state index contributed by atoms with van der Waals surface area (Å²) in [6, 6.07) is 25.0. The molecule has 3 nitrogen and oxygen atoms in total. The van der Waals surface area contributed by atoms with Crippen molar-refractivity contribution in [2.24, 2.45) is 0 Å². The third-order valence-electron chi connectivity index (χ3n) is 5.36. The lowest BCUT2D eigenvalue weighted by Crippen LogP contribution is -2.29. The summed E-state index contributed by atoms with van der Waals surface area (Å²) in [6.45, 7) is 2.50. The first-order valence-corrected chi connectivity index (χ1v) is 10.1. The van der Waals surface area contributed by atoms with Crippen molar-refractivity contribution in [3.8, 4) is 0 Å². The highest BCUT2D eigenvalue weighted by atomic mass is 35.5. The maximum atomic E-state index is 13.1. The molecule has 29 heavy (non-hydrogen) atoms. The minimum Gasteiger partial charge on any atom is -0.503 e. The number of carbonyl (C=O) groups is 1. The number of hydrogen-bond donors (Lipinski definition) is 1. The Morgan fingerprint density at radius 1 is 0.897 bits per heavy atom. The monoisotopic (exact) mass is 403 g/mol. The maximum absolute atomic E-state index is 13.1. The number of halogens is 1. The lowest BCUT2D eigenvalue weighted by Gasteiger charge is -2.27. The van der Waals surface area contributed by atoms with Gasteiger partial charge in [-0.25, -0.2) is 0 Å². The largest absolute Gasteiger partial charge is 0.503 e. The van der Waals surface area contributed by atoms with Crippen molar-refractivity contribution < 1.29 is 9.90 Å². The SMILES string of the molecule is CCc1ccc(C2C(c3ccccc3)=C(O)C(=O)N2Cc2ccc(Cl)cc2)cc1. The second-order valence-electron chi connectivity index (χ2n) is 7.19. The lowest BCUT2D eigenvalue weighted by atomic mass is 9.92. The molecule has 1 amide bonds. The Bertz CT molecular complexity index is 1040. The zero-order valence-corrected chi connectivity index (χ0v) is 16.9. The molecular formula is C25H22ClNO2. The van der Waals surface area contributed by atoms with Gasteiger partial charge >= 0.3 is 0 Å². The Labute approximate surface area is 175 Å². The zero-order chi connectivity index (χ0) is 20.4. The van der Waals surface area contributed by atoms with E-state index < -0.39 is 0 Å². The Morgan fingerprint density at radius 3 is 2.14 bits per heavy atom. The van der Waals surface area contributed by atoms with Crippen LogP contribution in [0.4, 0.5) is 0 Å². The normalized spacial score (nSPS) is 16.6. The third-order valence-corrected chi connectivity index (χ3v) is 5.61. The number of nitrogens with zero attached hydrogens (tertiary/aromatic N) is 1. The zero-order valence-electron chi connectivity index (χ0n) is 16.2. The number of hydrogen-bond acceptors (Lipinski definition) is 2. The van der Waals surface area contributed by atoms with Crippen molar-refractivity contribution in [1.82, 2.24) is 4.90 Å². The summed E-state index contributed by atoms with van der Waals surface area (Å²) >= 11 is 6.01. The fourth-order valence-corrected chi connectivity index (χ4v) is 3.92. The van der Waals surface area contributed by atoms with Gasteiger partial charge in [0.1, 0.15) is 0 Å². The molecule has 3 aromatic carbocycles. The number of amides is 1. The van der Waals surface area contributed by atoms with E-state index in [-0.39, 0.29) is 17.7 Å². The van der Waals surface area contributed by atoms with Gasteiger partial charge in [-0.2, -0.15) is 0 Å². The smallest absolute Gasteiger partial charge is 0.290 e. The van der Waals surface area contributed by atoms with Crippen LogP contribution in [-0.4, -0.2) is 15.9 Å². The summed E-state index contributed by atoms with van der Waals surface area (Å²) in [4.78, 5) is 14.8. The topological polar surface area (TPSA) is 40.5 Å². The quantitative estimate of drug-likeness (QED) is 0.571. The van der Waals surface area contributed by atoms with E-state index in [0.29, 0.717) is 17.1 Å². The van der Waals surface area contributed by atoms with Gasteiger partial charge < -0.3 is 10.0 Å². The summed E-state index contributed by atoms with van der Waals surface area (Å²) in [5.74, 6) is -0.543. The lowest BCUT2D eigenvalue weighted by molar-refractivity contribution is -0.130. The van der Waals surface area contributed by atoms with Crippen molar-refractivity contribution in [3.63, 3.8) is 0 Å². The first kappa shape index (κ1) is 19.3. The van der Waals surface area contributed by atoms with Crippen LogP contribution in [0.5, 0.6) is 0 Å². The number of aryl methyl sites for hydroxylation is 1. The molecule has 1 N–H and O–H groups in total. The van der Waals surface area contributed by atoms with Crippen LogP contribution in [0.3, 0.4) is 0 Å². The van der Waals surface area contributed by atoms with E-state index in [0.717, 1.165) is 23.1 Å². The van der Waals surface area contributed by atoms with E-state index in [4.69, 9.17) is 11.6 Å². The highest BCUT2D eigenvalue weighted by Gasteiger charge is 2.40. The fraction of sp³-hybridized carbons (Fsp3) is 0.160. The van der Waals surface area contributed by atoms with Gasteiger partial charge in [0.2, 0.25) is 0 Å². The molecule has 3 aromatic rings. The van der Waals surface area contributed by atoms with Crippen LogP contribution >= 0.6 is 11.6 Å². The van der Waals surface area contributed by atoms with Gasteiger partial charge in [-0.1, -0.05) is 85.3 Å². The van der Waals surface area contributed by atoms with Crippen LogP contribution < -0.4 is 0 Å². The van der Waals surface area contributed by atoms with E-state index in [2.05, 4.69) is 19.1 Å². The van der Waals surface area contributed by atoms with Gasteiger partial charge in [0, 0.05) is 17.1 Å². The van der Waals surface area contributed by atoms with Crippen LogP contribution in [0.15, 0.2) is 84.6 Å². The number of benzene rings is 3. The van der Waals surface area contributed by atoms with Crippen LogP contribution in [0.25, 0.3) is 5.57 Å². The van der Waals surface area contributed by atoms with E-state index in [1.54, 1.807) is 4.90 Å². The third kappa shape index (κ3) is 3.79. The molecule has 146 valence electrons. The van der Waals surface area contributed by atoms with Gasteiger partial charge in [-0.05, 0) is 40.8 Å². The molecule has 1 atom stereocenters. The minimum absolute atomic E-state index is 0.185.